The van der Waals surface area contributed by atoms with E-state index in [-0.39, 0.29) is 0 Å². The van der Waals surface area contributed by atoms with Gasteiger partial charge in [-0.3, -0.25) is 0 Å². The van der Waals surface area contributed by atoms with Crippen molar-refractivity contribution in [3.8, 4) is 0 Å². The summed E-state index contributed by atoms with van der Waals surface area (Å²) >= 11 is 4.23. The molecule has 0 fully saturated rings. The van der Waals surface area contributed by atoms with E-state index in [1.54, 1.807) is 0 Å². The van der Waals surface area contributed by atoms with Gasteiger partial charge in [-0.25, -0.2) is 0 Å². The Morgan fingerprint density at radius 1 is 1.17 bits per heavy atom. The number of hydrogen-bond donors (Lipinski definition) is 0. The van der Waals surface area contributed by atoms with Crippen molar-refractivity contribution in [2.75, 3.05) is 21.1 Å². The van der Waals surface area contributed by atoms with Gasteiger partial charge in [-0.05, 0) is 21.1 Å². The molecule has 0 amide bonds. The number of halogens is 1. The van der Waals surface area contributed by atoms with Crippen molar-refractivity contribution in [1.82, 2.24) is 4.90 Å². The molecule has 0 aliphatic heterocycles. The van der Waals surface area contributed by atoms with Gasteiger partial charge in [0.15, 0.2) is 0 Å². The van der Waals surface area contributed by atoms with Gasteiger partial charge in [0.05, 0.1) is 0 Å². The van der Waals surface area contributed by atoms with Crippen LogP contribution in [-0.2, 0) is 16.1 Å². The fraction of sp³-hybridized carbons (Fsp3) is 1.00. The van der Waals surface area contributed by atoms with Crippen LogP contribution in [0.5, 0.6) is 0 Å². The zero-order valence-corrected chi connectivity index (χ0v) is 8.57. The molecule has 0 unspecified atom stereocenters. The standard InChI is InChI=1S/C3H9N.HI.Pt/c1-4(2)3;;/h1-3H3;1H;/q;;+1/p-1. The van der Waals surface area contributed by atoms with Gasteiger partial charge in [-0.15, -0.1) is 0 Å². The molecular formula is C3H9INPt. The Hall–Kier alpha value is 1.38. The van der Waals surface area contributed by atoms with Crippen molar-refractivity contribution in [3.05, 3.63) is 0 Å². The van der Waals surface area contributed by atoms with Crippen molar-refractivity contribution >= 4 is 19.4 Å². The van der Waals surface area contributed by atoms with E-state index in [1.807, 2.05) is 26.0 Å². The first-order valence-corrected chi connectivity index (χ1v) is 7.90. The van der Waals surface area contributed by atoms with Crippen LogP contribution in [0.2, 0.25) is 0 Å². The third-order valence-electron chi connectivity index (χ3n) is 0. The Bertz CT molecular complexity index is 15.5. The van der Waals surface area contributed by atoms with E-state index < -0.39 is 0 Å². The first-order valence-electron chi connectivity index (χ1n) is 1.46. The molecule has 0 heterocycles. The molecule has 0 aliphatic rings. The van der Waals surface area contributed by atoms with E-state index >= 15 is 0 Å². The monoisotopic (exact) mass is 381 g/mol. The Morgan fingerprint density at radius 3 is 1.17 bits per heavy atom. The minimum atomic E-state index is 2.00. The summed E-state index contributed by atoms with van der Waals surface area (Å²) in [6, 6.07) is 0. The van der Waals surface area contributed by atoms with Crippen molar-refractivity contribution in [3.63, 3.8) is 0 Å². The summed E-state index contributed by atoms with van der Waals surface area (Å²) in [5.41, 5.74) is 0. The average molecular weight is 381 g/mol. The van der Waals surface area contributed by atoms with Crippen molar-refractivity contribution in [2.24, 2.45) is 0 Å². The normalized spacial score (nSPS) is 7.17. The Labute approximate surface area is 61.2 Å². The van der Waals surface area contributed by atoms with Crippen LogP contribution >= 0.6 is 19.4 Å². The van der Waals surface area contributed by atoms with Crippen LogP contribution in [0.3, 0.4) is 0 Å². The zero-order valence-electron chi connectivity index (χ0n) is 4.14. The number of hydrogen-bond acceptors (Lipinski definition) is 1. The zero-order chi connectivity index (χ0) is 5.58. The van der Waals surface area contributed by atoms with E-state index in [0.717, 1.165) is 0 Å². The van der Waals surface area contributed by atoms with E-state index in [0.29, 0.717) is 0 Å². The van der Waals surface area contributed by atoms with E-state index in [9.17, 15) is 0 Å². The molecule has 0 N–H and O–H groups in total. The third kappa shape index (κ3) is 54.3. The second-order valence-corrected chi connectivity index (χ2v) is 1.34. The van der Waals surface area contributed by atoms with Crippen LogP contribution in [-0.4, -0.2) is 26.0 Å². The molecule has 3 heteroatoms. The predicted molar refractivity (Wildman–Crippen MR) is 33.6 cm³/mol. The summed E-state index contributed by atoms with van der Waals surface area (Å²) < 4.78 is 0. The Balaban J connectivity index is 0. The van der Waals surface area contributed by atoms with Gasteiger partial charge in [0.25, 0.3) is 0 Å². The molecule has 0 atom stereocenters. The Kier molecular flexibility index (Phi) is 16.6. The Morgan fingerprint density at radius 2 is 1.17 bits per heavy atom. The SMILES string of the molecule is CN(C)C.[I][Pt]. The van der Waals surface area contributed by atoms with Gasteiger partial charge >= 0.3 is 35.5 Å². The molecule has 0 saturated heterocycles. The van der Waals surface area contributed by atoms with Crippen molar-refractivity contribution in [2.45, 2.75) is 0 Å². The second kappa shape index (κ2) is 9.62. The maximum atomic E-state index is 2.12. The quantitative estimate of drug-likeness (QED) is 0.568. The van der Waals surface area contributed by atoms with Crippen LogP contribution in [0.25, 0.3) is 0 Å². The molecule has 0 aromatic carbocycles. The molecule has 43 valence electrons. The van der Waals surface area contributed by atoms with E-state index in [1.165, 1.54) is 0 Å². The third-order valence-corrected chi connectivity index (χ3v) is 0. The number of nitrogens with zero attached hydrogens (tertiary/aromatic N) is 1. The summed E-state index contributed by atoms with van der Waals surface area (Å²) in [5.74, 6) is 0. The molecule has 0 saturated carbocycles. The fourth-order valence-electron chi connectivity index (χ4n) is 0. The van der Waals surface area contributed by atoms with Gasteiger partial charge in [0, 0.05) is 0 Å². The van der Waals surface area contributed by atoms with Gasteiger partial charge < -0.3 is 4.90 Å². The summed E-state index contributed by atoms with van der Waals surface area (Å²) in [6.07, 6.45) is 0. The summed E-state index contributed by atoms with van der Waals surface area (Å²) in [4.78, 5) is 2.00. The molecule has 0 radical (unpaired) electrons. The van der Waals surface area contributed by atoms with Crippen LogP contribution in [0, 0.1) is 0 Å². The second-order valence-electron chi connectivity index (χ2n) is 1.34. The van der Waals surface area contributed by atoms with Crippen molar-refractivity contribution in [1.29, 1.82) is 0 Å². The van der Waals surface area contributed by atoms with Crippen LogP contribution in [0.4, 0.5) is 0 Å². The average Bonchev–Trinajstić information content (AvgIpc) is 1.41. The minimum absolute atomic E-state index is 2.00. The molecule has 0 rings (SSSR count). The van der Waals surface area contributed by atoms with Gasteiger partial charge in [0.1, 0.15) is 0 Å². The van der Waals surface area contributed by atoms with Gasteiger partial charge in [0.2, 0.25) is 0 Å². The summed E-state index contributed by atoms with van der Waals surface area (Å²) in [7, 11) is 6.00. The fourth-order valence-corrected chi connectivity index (χ4v) is 0. The first kappa shape index (κ1) is 10.4. The molecular weight excluding hydrogens is 372 g/mol. The molecule has 0 aliphatic carbocycles. The molecule has 0 aromatic rings. The van der Waals surface area contributed by atoms with Crippen LogP contribution < -0.4 is 0 Å². The van der Waals surface area contributed by atoms with Gasteiger partial charge in [-0.2, -0.15) is 0 Å². The molecule has 6 heavy (non-hydrogen) atoms. The van der Waals surface area contributed by atoms with Crippen LogP contribution in [0.15, 0.2) is 0 Å². The number of rotatable bonds is 0. The van der Waals surface area contributed by atoms with E-state index in [4.69, 9.17) is 0 Å². The summed E-state index contributed by atoms with van der Waals surface area (Å²) in [5, 5.41) is 0. The molecule has 0 aromatic heterocycles. The predicted octanol–water partition coefficient (Wildman–Crippen LogP) is 1.06. The van der Waals surface area contributed by atoms with E-state index in [2.05, 4.69) is 35.5 Å². The summed E-state index contributed by atoms with van der Waals surface area (Å²) in [6.45, 7) is 0. The molecule has 0 bridgehead atoms. The molecule has 0 spiro atoms. The first-order chi connectivity index (χ1) is 2.73. The molecule has 1 nitrogen and oxygen atoms in total. The van der Waals surface area contributed by atoms with Crippen molar-refractivity contribution < 1.29 is 16.1 Å². The topological polar surface area (TPSA) is 3.24 Å². The van der Waals surface area contributed by atoms with Crippen LogP contribution in [0.1, 0.15) is 0 Å². The van der Waals surface area contributed by atoms with Gasteiger partial charge in [-0.1, -0.05) is 0 Å². The maximum absolute atomic E-state index is 2.12.